The lowest BCUT2D eigenvalue weighted by Gasteiger charge is -2.10. The van der Waals surface area contributed by atoms with Crippen molar-refractivity contribution in [2.45, 2.75) is 12.3 Å². The van der Waals surface area contributed by atoms with Crippen molar-refractivity contribution in [1.29, 1.82) is 0 Å². The van der Waals surface area contributed by atoms with Crippen molar-refractivity contribution in [3.63, 3.8) is 0 Å². The van der Waals surface area contributed by atoms with Gasteiger partial charge in [0.05, 0.1) is 18.5 Å². The van der Waals surface area contributed by atoms with E-state index in [0.717, 1.165) is 5.56 Å². The number of sulfone groups is 1. The first-order chi connectivity index (χ1) is 12.8. The summed E-state index contributed by atoms with van der Waals surface area (Å²) >= 11 is 5.90. The Hall–Kier alpha value is -2.64. The number of amides is 1. The minimum atomic E-state index is -3.11. The van der Waals surface area contributed by atoms with Gasteiger partial charge in [0.25, 0.3) is 5.91 Å². The molecule has 1 amide bonds. The van der Waals surface area contributed by atoms with E-state index in [0.29, 0.717) is 28.5 Å². The highest BCUT2D eigenvalue weighted by molar-refractivity contribution is 7.89. The molecule has 0 spiro atoms. The molecule has 0 atom stereocenters. The fraction of sp³-hybridized carbons (Fsp3) is 0.158. The highest BCUT2D eigenvalue weighted by Gasteiger charge is 2.11. The summed E-state index contributed by atoms with van der Waals surface area (Å²) in [5, 5.41) is 7.72. The van der Waals surface area contributed by atoms with Gasteiger partial charge in [0.2, 0.25) is 0 Å². The number of nitrogens with one attached hydrogen (secondary N) is 1. The number of hydrogen-bond acceptors (Lipinski definition) is 4. The second-order valence-electron chi connectivity index (χ2n) is 6.22. The Morgan fingerprint density at radius 1 is 1.04 bits per heavy atom. The normalized spacial score (nSPS) is 11.3. The Kier molecular flexibility index (Phi) is 5.62. The summed E-state index contributed by atoms with van der Waals surface area (Å²) in [6.45, 7) is 0.493. The SMILES string of the molecule is CS(=O)(=O)Cc1ccc(C(=O)Nc2ccnn2Cc2ccc(Cl)cc2)cc1. The van der Waals surface area contributed by atoms with E-state index in [2.05, 4.69) is 10.4 Å². The molecule has 2 aromatic carbocycles. The third-order valence-electron chi connectivity index (χ3n) is 3.85. The largest absolute Gasteiger partial charge is 0.307 e. The van der Waals surface area contributed by atoms with Crippen LogP contribution in [-0.2, 0) is 22.1 Å². The molecule has 6 nitrogen and oxygen atoms in total. The van der Waals surface area contributed by atoms with Gasteiger partial charge in [-0.2, -0.15) is 5.10 Å². The molecule has 0 radical (unpaired) electrons. The number of anilines is 1. The van der Waals surface area contributed by atoms with Crippen molar-refractivity contribution < 1.29 is 13.2 Å². The maximum Gasteiger partial charge on any atom is 0.256 e. The van der Waals surface area contributed by atoms with Gasteiger partial charge in [-0.3, -0.25) is 4.79 Å². The van der Waals surface area contributed by atoms with Crippen molar-refractivity contribution in [2.24, 2.45) is 0 Å². The predicted molar refractivity (Wildman–Crippen MR) is 106 cm³/mol. The Balaban J connectivity index is 1.69. The number of carbonyl (C=O) groups excluding carboxylic acids is 1. The standard InChI is InChI=1S/C19H18ClN3O3S/c1-27(25,26)13-15-2-6-16(7-3-15)19(24)22-18-10-11-21-23(18)12-14-4-8-17(20)9-5-14/h2-11H,12-13H2,1H3,(H,22,24). The lowest BCUT2D eigenvalue weighted by atomic mass is 10.1. The molecule has 0 saturated carbocycles. The van der Waals surface area contributed by atoms with E-state index in [4.69, 9.17) is 11.6 Å². The maximum absolute atomic E-state index is 12.5. The molecule has 1 heterocycles. The van der Waals surface area contributed by atoms with E-state index in [1.165, 1.54) is 6.26 Å². The van der Waals surface area contributed by atoms with Gasteiger partial charge < -0.3 is 5.32 Å². The molecule has 0 aliphatic heterocycles. The van der Waals surface area contributed by atoms with Crippen molar-refractivity contribution in [2.75, 3.05) is 11.6 Å². The molecule has 27 heavy (non-hydrogen) atoms. The first kappa shape index (κ1) is 19.1. The number of benzene rings is 2. The van der Waals surface area contributed by atoms with Crippen LogP contribution in [0.5, 0.6) is 0 Å². The minimum absolute atomic E-state index is 0.0528. The zero-order chi connectivity index (χ0) is 19.4. The average molecular weight is 404 g/mol. The molecule has 0 aliphatic carbocycles. The van der Waals surface area contributed by atoms with Crippen LogP contribution in [0.2, 0.25) is 5.02 Å². The first-order valence-corrected chi connectivity index (χ1v) is 10.6. The van der Waals surface area contributed by atoms with Crippen molar-refractivity contribution in [1.82, 2.24) is 9.78 Å². The van der Waals surface area contributed by atoms with E-state index in [1.54, 1.807) is 53.3 Å². The summed E-state index contributed by atoms with van der Waals surface area (Å²) in [5.41, 5.74) is 2.08. The average Bonchev–Trinajstić information content (AvgIpc) is 3.03. The second kappa shape index (κ2) is 7.94. The van der Waals surface area contributed by atoms with Crippen LogP contribution in [0.4, 0.5) is 5.82 Å². The van der Waals surface area contributed by atoms with Crippen LogP contribution in [-0.4, -0.2) is 30.4 Å². The summed E-state index contributed by atoms with van der Waals surface area (Å²) < 4.78 is 24.4. The topological polar surface area (TPSA) is 81.1 Å². The second-order valence-corrected chi connectivity index (χ2v) is 8.80. The lowest BCUT2D eigenvalue weighted by Crippen LogP contribution is -2.16. The molecule has 0 saturated heterocycles. The Morgan fingerprint density at radius 2 is 1.67 bits per heavy atom. The van der Waals surface area contributed by atoms with Gasteiger partial charge in [0.1, 0.15) is 5.82 Å². The van der Waals surface area contributed by atoms with Gasteiger partial charge in [-0.15, -0.1) is 0 Å². The highest BCUT2D eigenvalue weighted by atomic mass is 35.5. The predicted octanol–water partition coefficient (Wildman–Crippen LogP) is 3.38. The quantitative estimate of drug-likeness (QED) is 0.684. The fourth-order valence-corrected chi connectivity index (χ4v) is 3.50. The number of aromatic nitrogens is 2. The third kappa shape index (κ3) is 5.42. The molecular formula is C19H18ClN3O3S. The molecule has 8 heteroatoms. The maximum atomic E-state index is 12.5. The molecule has 1 aromatic heterocycles. The van der Waals surface area contributed by atoms with Gasteiger partial charge in [-0.05, 0) is 35.4 Å². The number of carbonyl (C=O) groups is 1. The molecule has 3 rings (SSSR count). The number of nitrogens with zero attached hydrogens (tertiary/aromatic N) is 2. The Morgan fingerprint density at radius 3 is 2.30 bits per heavy atom. The van der Waals surface area contributed by atoms with Crippen molar-refractivity contribution >= 4 is 33.2 Å². The van der Waals surface area contributed by atoms with Gasteiger partial charge >= 0.3 is 0 Å². The Bertz CT molecular complexity index is 1040. The van der Waals surface area contributed by atoms with Crippen LogP contribution in [0, 0.1) is 0 Å². The van der Waals surface area contributed by atoms with Crippen LogP contribution in [0.3, 0.4) is 0 Å². The molecule has 140 valence electrons. The smallest absolute Gasteiger partial charge is 0.256 e. The van der Waals surface area contributed by atoms with Crippen molar-refractivity contribution in [3.8, 4) is 0 Å². The van der Waals surface area contributed by atoms with Crippen LogP contribution in [0.15, 0.2) is 60.8 Å². The van der Waals surface area contributed by atoms with E-state index in [-0.39, 0.29) is 11.7 Å². The summed E-state index contributed by atoms with van der Waals surface area (Å²) in [6, 6.07) is 15.6. The number of hydrogen-bond donors (Lipinski definition) is 1. The first-order valence-electron chi connectivity index (χ1n) is 8.14. The lowest BCUT2D eigenvalue weighted by molar-refractivity contribution is 0.102. The monoisotopic (exact) mass is 403 g/mol. The van der Waals surface area contributed by atoms with Gasteiger partial charge in [0.15, 0.2) is 9.84 Å². The Labute approximate surface area is 162 Å². The fourth-order valence-electron chi connectivity index (χ4n) is 2.57. The van der Waals surface area contributed by atoms with Gasteiger partial charge in [-0.25, -0.2) is 13.1 Å². The molecule has 0 aliphatic rings. The van der Waals surface area contributed by atoms with E-state index < -0.39 is 9.84 Å². The summed E-state index contributed by atoms with van der Waals surface area (Å²) in [7, 11) is -3.11. The molecule has 1 N–H and O–H groups in total. The molecule has 0 bridgehead atoms. The van der Waals surface area contributed by atoms with Crippen molar-refractivity contribution in [3.05, 3.63) is 82.5 Å². The van der Waals surface area contributed by atoms with Gasteiger partial charge in [-0.1, -0.05) is 35.9 Å². The van der Waals surface area contributed by atoms with Crippen LogP contribution < -0.4 is 5.32 Å². The molecule has 3 aromatic rings. The molecule has 0 unspecified atom stereocenters. The van der Waals surface area contributed by atoms with E-state index in [9.17, 15) is 13.2 Å². The van der Waals surface area contributed by atoms with E-state index >= 15 is 0 Å². The highest BCUT2D eigenvalue weighted by Crippen LogP contribution is 2.15. The zero-order valence-electron chi connectivity index (χ0n) is 14.6. The van der Waals surface area contributed by atoms with Crippen LogP contribution in [0.25, 0.3) is 0 Å². The summed E-state index contributed by atoms with van der Waals surface area (Å²) in [5.74, 6) is 0.219. The summed E-state index contributed by atoms with van der Waals surface area (Å²) in [4.78, 5) is 12.5. The third-order valence-corrected chi connectivity index (χ3v) is 4.96. The van der Waals surface area contributed by atoms with E-state index in [1.807, 2.05) is 12.1 Å². The minimum Gasteiger partial charge on any atom is -0.307 e. The molecule has 0 fully saturated rings. The van der Waals surface area contributed by atoms with Crippen LogP contribution in [0.1, 0.15) is 21.5 Å². The summed E-state index contributed by atoms with van der Waals surface area (Å²) in [6.07, 6.45) is 2.79. The number of rotatable bonds is 6. The van der Waals surface area contributed by atoms with Crippen LogP contribution >= 0.6 is 11.6 Å². The molecular weight excluding hydrogens is 386 g/mol. The van der Waals surface area contributed by atoms with Gasteiger partial charge in [0, 0.05) is 22.9 Å². The zero-order valence-corrected chi connectivity index (χ0v) is 16.2. The number of halogens is 1.